The minimum Gasteiger partial charge on any atom is -0.492 e. The van der Waals surface area contributed by atoms with Crippen LogP contribution in [0.1, 0.15) is 35.5 Å². The zero-order valence-corrected chi connectivity index (χ0v) is 23.4. The van der Waals surface area contributed by atoms with Crippen LogP contribution in [0.3, 0.4) is 0 Å². The van der Waals surface area contributed by atoms with Gasteiger partial charge in [-0.3, -0.25) is 14.3 Å². The van der Waals surface area contributed by atoms with Gasteiger partial charge in [0.2, 0.25) is 15.7 Å². The third-order valence-electron chi connectivity index (χ3n) is 6.43. The SMILES string of the molecule is CCOCc1nc(O)c(S(=O)(=O)c2ccc(-c3ccncc3C)c(F)c2)c(=O)n1[C@@H](COC)c1cccc(C#N)c1. The maximum absolute atomic E-state index is 15.3. The number of hydrogen-bond donors (Lipinski definition) is 1. The van der Waals surface area contributed by atoms with Gasteiger partial charge in [0.05, 0.1) is 29.2 Å². The Labute approximate surface area is 236 Å². The molecule has 0 unspecified atom stereocenters. The Morgan fingerprint density at radius 1 is 1.17 bits per heavy atom. The molecule has 2 heterocycles. The van der Waals surface area contributed by atoms with Gasteiger partial charge in [-0.15, -0.1) is 0 Å². The van der Waals surface area contributed by atoms with Gasteiger partial charge in [-0.1, -0.05) is 18.2 Å². The van der Waals surface area contributed by atoms with Gasteiger partial charge >= 0.3 is 0 Å². The van der Waals surface area contributed by atoms with Crippen molar-refractivity contribution in [3.8, 4) is 23.1 Å². The number of ether oxygens (including phenoxy) is 2. The number of benzene rings is 2. The molecule has 0 aliphatic carbocycles. The molecule has 0 aliphatic rings. The van der Waals surface area contributed by atoms with Gasteiger partial charge in [-0.25, -0.2) is 12.8 Å². The van der Waals surface area contributed by atoms with Gasteiger partial charge in [0.1, 0.15) is 18.2 Å². The van der Waals surface area contributed by atoms with Crippen molar-refractivity contribution in [1.29, 1.82) is 5.26 Å². The molecule has 1 N–H and O–H groups in total. The van der Waals surface area contributed by atoms with E-state index in [2.05, 4.69) is 9.97 Å². The maximum Gasteiger partial charge on any atom is 0.277 e. The summed E-state index contributed by atoms with van der Waals surface area (Å²) >= 11 is 0. The first-order valence-corrected chi connectivity index (χ1v) is 14.0. The van der Waals surface area contributed by atoms with E-state index in [1.165, 1.54) is 25.4 Å². The number of aryl methyl sites for hydroxylation is 1. The van der Waals surface area contributed by atoms with E-state index >= 15 is 4.39 Å². The Bertz CT molecular complexity index is 1800. The Hall–Kier alpha value is -4.44. The molecule has 0 radical (unpaired) electrons. The van der Waals surface area contributed by atoms with Gasteiger partial charge in [-0.05, 0) is 60.9 Å². The summed E-state index contributed by atoms with van der Waals surface area (Å²) in [5.41, 5.74) is 1.02. The van der Waals surface area contributed by atoms with E-state index in [0.29, 0.717) is 22.3 Å². The summed E-state index contributed by atoms with van der Waals surface area (Å²) in [6.45, 7) is 3.37. The molecular weight excluding hydrogens is 551 g/mol. The summed E-state index contributed by atoms with van der Waals surface area (Å²) in [5, 5.41) is 20.1. The van der Waals surface area contributed by atoms with Crippen LogP contribution < -0.4 is 5.56 Å². The second-order valence-electron chi connectivity index (χ2n) is 9.04. The summed E-state index contributed by atoms with van der Waals surface area (Å²) in [6, 6.07) is 12.3. The van der Waals surface area contributed by atoms with Crippen LogP contribution >= 0.6 is 0 Å². The normalized spacial score (nSPS) is 12.2. The number of nitriles is 1. The fourth-order valence-corrected chi connectivity index (χ4v) is 5.82. The predicted molar refractivity (Wildman–Crippen MR) is 146 cm³/mol. The van der Waals surface area contributed by atoms with E-state index in [1.54, 1.807) is 44.3 Å². The molecule has 12 heteroatoms. The third-order valence-corrected chi connectivity index (χ3v) is 8.20. The van der Waals surface area contributed by atoms with Crippen molar-refractivity contribution in [3.63, 3.8) is 0 Å². The lowest BCUT2D eigenvalue weighted by atomic mass is 10.0. The van der Waals surface area contributed by atoms with E-state index in [0.717, 1.165) is 16.7 Å². The van der Waals surface area contributed by atoms with Crippen LogP contribution in [0.2, 0.25) is 0 Å². The monoisotopic (exact) mass is 578 g/mol. The molecule has 0 amide bonds. The number of aromatic hydroxyl groups is 1. The lowest BCUT2D eigenvalue weighted by molar-refractivity contribution is 0.116. The van der Waals surface area contributed by atoms with Crippen molar-refractivity contribution in [2.24, 2.45) is 0 Å². The molecule has 0 spiro atoms. The van der Waals surface area contributed by atoms with Crippen LogP contribution in [0, 0.1) is 24.1 Å². The molecule has 0 saturated heterocycles. The Kier molecular flexibility index (Phi) is 8.92. The molecule has 2 aromatic carbocycles. The molecule has 212 valence electrons. The number of rotatable bonds is 10. The van der Waals surface area contributed by atoms with E-state index in [9.17, 15) is 23.6 Å². The summed E-state index contributed by atoms with van der Waals surface area (Å²) in [7, 11) is -3.37. The molecule has 0 bridgehead atoms. The first-order chi connectivity index (χ1) is 19.6. The maximum atomic E-state index is 15.3. The van der Waals surface area contributed by atoms with Crippen LogP contribution in [0.15, 0.2) is 75.5 Å². The van der Waals surface area contributed by atoms with Gasteiger partial charge < -0.3 is 14.6 Å². The smallest absolute Gasteiger partial charge is 0.277 e. The summed E-state index contributed by atoms with van der Waals surface area (Å²) in [5.74, 6) is -1.95. The second-order valence-corrected chi connectivity index (χ2v) is 10.9. The highest BCUT2D eigenvalue weighted by molar-refractivity contribution is 7.91. The van der Waals surface area contributed by atoms with Crippen molar-refractivity contribution < 1.29 is 27.4 Å². The van der Waals surface area contributed by atoms with Crippen molar-refractivity contribution in [1.82, 2.24) is 14.5 Å². The quantitative estimate of drug-likeness (QED) is 0.296. The minimum atomic E-state index is -4.77. The molecule has 41 heavy (non-hydrogen) atoms. The average molecular weight is 579 g/mol. The van der Waals surface area contributed by atoms with E-state index in [1.807, 2.05) is 6.07 Å². The predicted octanol–water partition coefficient (Wildman–Crippen LogP) is 3.94. The number of aromatic nitrogens is 3. The molecule has 0 saturated carbocycles. The fourth-order valence-electron chi connectivity index (χ4n) is 4.47. The highest BCUT2D eigenvalue weighted by Gasteiger charge is 2.33. The fraction of sp³-hybridized carbons (Fsp3) is 0.241. The van der Waals surface area contributed by atoms with Crippen LogP contribution in [-0.4, -0.2) is 48.4 Å². The molecule has 10 nitrogen and oxygen atoms in total. The molecule has 4 aromatic rings. The zero-order chi connectivity index (χ0) is 29.7. The number of methoxy groups -OCH3 is 1. The highest BCUT2D eigenvalue weighted by atomic mass is 32.2. The topological polar surface area (TPSA) is 144 Å². The van der Waals surface area contributed by atoms with E-state index in [4.69, 9.17) is 9.47 Å². The van der Waals surface area contributed by atoms with Crippen LogP contribution in [-0.2, 0) is 25.9 Å². The second kappa shape index (κ2) is 12.4. The van der Waals surface area contributed by atoms with Crippen molar-refractivity contribution in [2.75, 3.05) is 20.3 Å². The van der Waals surface area contributed by atoms with Gasteiger partial charge in [0, 0.05) is 31.7 Å². The van der Waals surface area contributed by atoms with Crippen LogP contribution in [0.4, 0.5) is 4.39 Å². The number of hydrogen-bond acceptors (Lipinski definition) is 9. The van der Waals surface area contributed by atoms with Gasteiger partial charge in [-0.2, -0.15) is 10.2 Å². The van der Waals surface area contributed by atoms with Crippen molar-refractivity contribution in [3.05, 3.63) is 99.6 Å². The van der Waals surface area contributed by atoms with Crippen molar-refractivity contribution in [2.45, 2.75) is 36.3 Å². The lowest BCUT2D eigenvalue weighted by Crippen LogP contribution is -2.35. The first kappa shape index (κ1) is 29.5. The number of pyridine rings is 1. The van der Waals surface area contributed by atoms with Gasteiger partial charge in [0.15, 0.2) is 4.90 Å². The lowest BCUT2D eigenvalue weighted by Gasteiger charge is -2.24. The van der Waals surface area contributed by atoms with Crippen LogP contribution in [0.5, 0.6) is 5.88 Å². The molecule has 0 fully saturated rings. The number of sulfone groups is 1. The van der Waals surface area contributed by atoms with Crippen molar-refractivity contribution >= 4 is 9.84 Å². The molecule has 2 aromatic heterocycles. The Morgan fingerprint density at radius 2 is 1.95 bits per heavy atom. The largest absolute Gasteiger partial charge is 0.492 e. The third kappa shape index (κ3) is 5.88. The number of nitrogens with zero attached hydrogens (tertiary/aromatic N) is 4. The minimum absolute atomic E-state index is 0.0626. The van der Waals surface area contributed by atoms with Crippen LogP contribution in [0.25, 0.3) is 11.1 Å². The molecular formula is C29H27FN4O6S. The van der Waals surface area contributed by atoms with E-state index in [-0.39, 0.29) is 31.2 Å². The first-order valence-electron chi connectivity index (χ1n) is 12.5. The summed E-state index contributed by atoms with van der Waals surface area (Å²) in [6.07, 6.45) is 3.04. The highest BCUT2D eigenvalue weighted by Crippen LogP contribution is 2.31. The molecule has 4 rings (SSSR count). The Morgan fingerprint density at radius 3 is 2.61 bits per heavy atom. The standard InChI is InChI=1S/C29H27FN4O6S/c1-4-40-17-26-33-28(35)27(29(36)34(26)25(16-39-3)20-7-5-6-19(12-20)14-31)41(37,38)21-8-9-23(24(30)13-21)22-10-11-32-15-18(22)2/h5-13,15,25,35H,4,16-17H2,1-3H3/t25-/m0/s1. The van der Waals surface area contributed by atoms with Gasteiger partial charge in [0.25, 0.3) is 5.56 Å². The number of halogens is 1. The average Bonchev–Trinajstić information content (AvgIpc) is 2.95. The zero-order valence-electron chi connectivity index (χ0n) is 22.5. The summed E-state index contributed by atoms with van der Waals surface area (Å²) in [4.78, 5) is 20.4. The summed E-state index contributed by atoms with van der Waals surface area (Å²) < 4.78 is 54.6. The van der Waals surface area contributed by atoms with E-state index < -0.39 is 42.9 Å². The molecule has 0 aliphatic heterocycles. The Balaban J connectivity index is 1.93. The molecule has 1 atom stereocenters.